The fraction of sp³-hybridized carbons (Fsp3) is 0.842. The minimum Gasteiger partial charge on any atom is -0.366 e. The smallest absolute Gasteiger partial charge is 0.241 e. The molecule has 0 aliphatic carbocycles. The second-order valence-electron chi connectivity index (χ2n) is 6.19. The van der Waals surface area contributed by atoms with Gasteiger partial charge in [0.1, 0.15) is 0 Å². The van der Waals surface area contributed by atoms with E-state index in [1.165, 1.54) is 96.0 Å². The summed E-state index contributed by atoms with van der Waals surface area (Å²) in [6.07, 6.45) is 23.7. The first-order chi connectivity index (χ1) is 10.3. The Kier molecular flexibility index (Phi) is 16.6. The van der Waals surface area contributed by atoms with Crippen molar-refractivity contribution in [2.45, 2.75) is 103 Å². The van der Waals surface area contributed by atoms with Crippen molar-refractivity contribution < 1.29 is 4.79 Å². The summed E-state index contributed by atoms with van der Waals surface area (Å²) in [5.74, 6) is -0.333. The van der Waals surface area contributed by atoms with Crippen molar-refractivity contribution in [3.05, 3.63) is 12.2 Å². The molecular formula is C19H37NO. The van der Waals surface area contributed by atoms with E-state index in [-0.39, 0.29) is 5.91 Å². The zero-order chi connectivity index (χ0) is 15.6. The quantitative estimate of drug-likeness (QED) is 0.279. The van der Waals surface area contributed by atoms with E-state index in [4.69, 9.17) is 5.73 Å². The molecule has 0 rings (SSSR count). The summed E-state index contributed by atoms with van der Waals surface area (Å²) in [4.78, 5) is 10.5. The summed E-state index contributed by atoms with van der Waals surface area (Å²) in [6.45, 7) is 2.28. The monoisotopic (exact) mass is 295 g/mol. The van der Waals surface area contributed by atoms with E-state index in [9.17, 15) is 4.79 Å². The normalized spacial score (nSPS) is 11.3. The summed E-state index contributed by atoms with van der Waals surface area (Å²) in [6, 6.07) is 0. The van der Waals surface area contributed by atoms with E-state index >= 15 is 0 Å². The molecule has 0 fully saturated rings. The highest BCUT2D eigenvalue weighted by molar-refractivity contribution is 5.85. The molecule has 0 saturated heterocycles. The zero-order valence-corrected chi connectivity index (χ0v) is 14.2. The lowest BCUT2D eigenvalue weighted by Crippen LogP contribution is -2.05. The minimum atomic E-state index is -0.333. The third-order valence-electron chi connectivity index (χ3n) is 4.01. The first-order valence-electron chi connectivity index (χ1n) is 9.23. The van der Waals surface area contributed by atoms with Crippen LogP contribution in [0.15, 0.2) is 12.2 Å². The van der Waals surface area contributed by atoms with Gasteiger partial charge in [-0.15, -0.1) is 0 Å². The molecule has 0 unspecified atom stereocenters. The Labute approximate surface area is 132 Å². The second-order valence-corrected chi connectivity index (χ2v) is 6.19. The lowest BCUT2D eigenvalue weighted by molar-refractivity contribution is -0.113. The lowest BCUT2D eigenvalue weighted by Gasteiger charge is -2.02. The van der Waals surface area contributed by atoms with Crippen LogP contribution in [0.3, 0.4) is 0 Å². The summed E-state index contributed by atoms with van der Waals surface area (Å²) in [7, 11) is 0. The van der Waals surface area contributed by atoms with E-state index in [1.807, 2.05) is 6.08 Å². The largest absolute Gasteiger partial charge is 0.366 e. The molecule has 0 atom stereocenters. The maximum Gasteiger partial charge on any atom is 0.241 e. The van der Waals surface area contributed by atoms with Crippen molar-refractivity contribution in [3.8, 4) is 0 Å². The number of carbonyl (C=O) groups excluding carboxylic acids is 1. The van der Waals surface area contributed by atoms with Crippen LogP contribution in [-0.2, 0) is 4.79 Å². The summed E-state index contributed by atoms with van der Waals surface area (Å²) >= 11 is 0. The van der Waals surface area contributed by atoms with Crippen molar-refractivity contribution in [2.24, 2.45) is 5.73 Å². The van der Waals surface area contributed by atoms with Crippen LogP contribution in [0.5, 0.6) is 0 Å². The van der Waals surface area contributed by atoms with Gasteiger partial charge in [-0.3, -0.25) is 4.79 Å². The van der Waals surface area contributed by atoms with Gasteiger partial charge in [0.2, 0.25) is 5.91 Å². The highest BCUT2D eigenvalue weighted by Gasteiger charge is 1.93. The number of allylic oxidation sites excluding steroid dienone is 1. The highest BCUT2D eigenvalue weighted by atomic mass is 16.1. The van der Waals surface area contributed by atoms with Crippen LogP contribution in [0.4, 0.5) is 0 Å². The molecule has 0 heterocycles. The molecule has 2 heteroatoms. The molecule has 0 aliphatic heterocycles. The number of unbranched alkanes of at least 4 members (excludes halogenated alkanes) is 14. The van der Waals surface area contributed by atoms with E-state index in [0.29, 0.717) is 0 Å². The number of rotatable bonds is 16. The van der Waals surface area contributed by atoms with E-state index in [2.05, 4.69) is 6.92 Å². The third kappa shape index (κ3) is 19.2. The molecule has 2 nitrogen and oxygen atoms in total. The second kappa shape index (κ2) is 17.3. The fourth-order valence-corrected chi connectivity index (χ4v) is 2.66. The van der Waals surface area contributed by atoms with Crippen LogP contribution in [0.1, 0.15) is 103 Å². The summed E-state index contributed by atoms with van der Waals surface area (Å²) < 4.78 is 0. The van der Waals surface area contributed by atoms with Crippen LogP contribution >= 0.6 is 0 Å². The average Bonchev–Trinajstić information content (AvgIpc) is 2.46. The van der Waals surface area contributed by atoms with Gasteiger partial charge >= 0.3 is 0 Å². The van der Waals surface area contributed by atoms with Crippen molar-refractivity contribution in [2.75, 3.05) is 0 Å². The van der Waals surface area contributed by atoms with Crippen molar-refractivity contribution in [1.82, 2.24) is 0 Å². The Morgan fingerprint density at radius 2 is 1.10 bits per heavy atom. The molecule has 0 bridgehead atoms. The molecule has 0 spiro atoms. The minimum absolute atomic E-state index is 0.333. The Morgan fingerprint density at radius 3 is 1.48 bits per heavy atom. The molecule has 1 amide bonds. The molecule has 2 N–H and O–H groups in total. The number of hydrogen-bond acceptors (Lipinski definition) is 1. The van der Waals surface area contributed by atoms with Gasteiger partial charge in [-0.2, -0.15) is 0 Å². The van der Waals surface area contributed by atoms with Gasteiger partial charge in [-0.25, -0.2) is 0 Å². The summed E-state index contributed by atoms with van der Waals surface area (Å²) in [5, 5.41) is 0. The maximum absolute atomic E-state index is 10.5. The molecular weight excluding hydrogens is 258 g/mol. The van der Waals surface area contributed by atoms with Crippen LogP contribution in [0, 0.1) is 0 Å². The topological polar surface area (TPSA) is 43.1 Å². The molecule has 0 aromatic heterocycles. The molecule has 0 saturated carbocycles. The maximum atomic E-state index is 10.5. The van der Waals surface area contributed by atoms with Gasteiger partial charge in [0.25, 0.3) is 0 Å². The fourth-order valence-electron chi connectivity index (χ4n) is 2.66. The van der Waals surface area contributed by atoms with Gasteiger partial charge < -0.3 is 5.73 Å². The Bertz CT molecular complexity index is 248. The predicted octanol–water partition coefficient (Wildman–Crippen LogP) is 5.90. The zero-order valence-electron chi connectivity index (χ0n) is 14.2. The number of carbonyl (C=O) groups is 1. The van der Waals surface area contributed by atoms with E-state index < -0.39 is 0 Å². The van der Waals surface area contributed by atoms with Crippen LogP contribution < -0.4 is 5.73 Å². The molecule has 0 aromatic carbocycles. The standard InChI is InChI=1S/C19H37NO/c1-2-3-4-5-6-7-8-9-10-11-12-13-14-15-16-17-18-19(20)21/h17-18H,2-16H2,1H3,(H2,20,21). The predicted molar refractivity (Wildman–Crippen MR) is 93.3 cm³/mol. The number of amides is 1. The number of primary amides is 1. The van der Waals surface area contributed by atoms with Gasteiger partial charge in [0.15, 0.2) is 0 Å². The number of nitrogens with two attached hydrogens (primary N) is 1. The third-order valence-corrected chi connectivity index (χ3v) is 4.01. The SMILES string of the molecule is CCCCCCCCCCCCCCCCC=CC(N)=O. The van der Waals surface area contributed by atoms with E-state index in [0.717, 1.165) is 6.42 Å². The highest BCUT2D eigenvalue weighted by Crippen LogP contribution is 2.13. The van der Waals surface area contributed by atoms with Crippen LogP contribution in [0.25, 0.3) is 0 Å². The lowest BCUT2D eigenvalue weighted by atomic mass is 10.0. The molecule has 0 aliphatic rings. The Hall–Kier alpha value is -0.790. The molecule has 21 heavy (non-hydrogen) atoms. The molecule has 0 aromatic rings. The van der Waals surface area contributed by atoms with Crippen LogP contribution in [-0.4, -0.2) is 5.91 Å². The summed E-state index contributed by atoms with van der Waals surface area (Å²) in [5.41, 5.74) is 5.03. The van der Waals surface area contributed by atoms with Gasteiger partial charge in [0, 0.05) is 0 Å². The van der Waals surface area contributed by atoms with Crippen LogP contribution in [0.2, 0.25) is 0 Å². The Balaban J connectivity index is 3.01. The first kappa shape index (κ1) is 20.2. The Morgan fingerprint density at radius 1 is 0.714 bits per heavy atom. The first-order valence-corrected chi connectivity index (χ1v) is 9.23. The molecule has 124 valence electrons. The van der Waals surface area contributed by atoms with Crippen molar-refractivity contribution >= 4 is 5.91 Å². The number of hydrogen-bond donors (Lipinski definition) is 1. The molecule has 0 radical (unpaired) electrons. The average molecular weight is 296 g/mol. The van der Waals surface area contributed by atoms with Gasteiger partial charge in [-0.1, -0.05) is 96.5 Å². The van der Waals surface area contributed by atoms with Gasteiger partial charge in [-0.05, 0) is 18.9 Å². The van der Waals surface area contributed by atoms with Gasteiger partial charge in [0.05, 0.1) is 0 Å². The van der Waals surface area contributed by atoms with Crippen molar-refractivity contribution in [1.29, 1.82) is 0 Å². The van der Waals surface area contributed by atoms with E-state index in [1.54, 1.807) is 0 Å². The van der Waals surface area contributed by atoms with Crippen molar-refractivity contribution in [3.63, 3.8) is 0 Å².